The van der Waals surface area contributed by atoms with Gasteiger partial charge in [0, 0.05) is 12.6 Å². The first-order chi connectivity index (χ1) is 10.9. The van der Waals surface area contributed by atoms with Crippen molar-refractivity contribution in [2.24, 2.45) is 0 Å². The summed E-state index contributed by atoms with van der Waals surface area (Å²) < 4.78 is 28.9. The molecule has 0 N–H and O–H groups in total. The highest BCUT2D eigenvalue weighted by atomic mass is 32.2. The molecule has 2 rings (SSSR count). The van der Waals surface area contributed by atoms with Crippen molar-refractivity contribution >= 4 is 15.7 Å². The largest absolute Gasteiger partial charge is 0.481 e. The standard InChI is InChI=1S/C16H20N2O4S/c1-3-18(14-7-8-23(20,21)11-14)16(19)12(2)22-15-6-4-5-13(9-15)10-17/h4-6,9,12,14H,3,7-8,11H2,1-2H3. The van der Waals surface area contributed by atoms with Gasteiger partial charge in [0.25, 0.3) is 5.91 Å². The number of carbonyl (C=O) groups excluding carboxylic acids is 1. The van der Waals surface area contributed by atoms with E-state index in [2.05, 4.69) is 0 Å². The van der Waals surface area contributed by atoms with E-state index in [4.69, 9.17) is 10.00 Å². The van der Waals surface area contributed by atoms with Crippen molar-refractivity contribution in [1.29, 1.82) is 5.26 Å². The minimum absolute atomic E-state index is 0.0171. The SMILES string of the molecule is CCN(C(=O)C(C)Oc1cccc(C#N)c1)C1CCS(=O)(=O)C1. The van der Waals surface area contributed by atoms with Gasteiger partial charge in [0.1, 0.15) is 5.75 Å². The summed E-state index contributed by atoms with van der Waals surface area (Å²) in [5.74, 6) is 0.348. The summed E-state index contributed by atoms with van der Waals surface area (Å²) in [6, 6.07) is 8.32. The lowest BCUT2D eigenvalue weighted by molar-refractivity contribution is -0.139. The van der Waals surface area contributed by atoms with Crippen LogP contribution in [0.4, 0.5) is 0 Å². The van der Waals surface area contributed by atoms with Gasteiger partial charge in [0.2, 0.25) is 0 Å². The van der Waals surface area contributed by atoms with Crippen LogP contribution in [0.3, 0.4) is 0 Å². The van der Waals surface area contributed by atoms with E-state index in [0.29, 0.717) is 24.3 Å². The van der Waals surface area contributed by atoms with Crippen LogP contribution in [0.1, 0.15) is 25.8 Å². The summed E-state index contributed by atoms with van der Waals surface area (Å²) in [6.07, 6.45) is -0.273. The first kappa shape index (κ1) is 17.3. The van der Waals surface area contributed by atoms with Crippen molar-refractivity contribution < 1.29 is 17.9 Å². The quantitative estimate of drug-likeness (QED) is 0.810. The van der Waals surface area contributed by atoms with Gasteiger partial charge in [0.05, 0.1) is 23.1 Å². The zero-order valence-electron chi connectivity index (χ0n) is 13.2. The van der Waals surface area contributed by atoms with Gasteiger partial charge >= 0.3 is 0 Å². The van der Waals surface area contributed by atoms with E-state index in [9.17, 15) is 13.2 Å². The Hall–Kier alpha value is -2.07. The van der Waals surface area contributed by atoms with E-state index < -0.39 is 15.9 Å². The second-order valence-electron chi connectivity index (χ2n) is 5.58. The number of benzene rings is 1. The Morgan fingerprint density at radius 2 is 2.26 bits per heavy atom. The van der Waals surface area contributed by atoms with Crippen LogP contribution in [0.15, 0.2) is 24.3 Å². The van der Waals surface area contributed by atoms with Gasteiger partial charge in [-0.05, 0) is 38.5 Å². The van der Waals surface area contributed by atoms with Crippen LogP contribution in [0.2, 0.25) is 0 Å². The number of sulfone groups is 1. The van der Waals surface area contributed by atoms with Gasteiger partial charge in [-0.3, -0.25) is 4.79 Å². The molecule has 7 heteroatoms. The first-order valence-electron chi connectivity index (χ1n) is 7.54. The minimum atomic E-state index is -3.05. The van der Waals surface area contributed by atoms with Crippen molar-refractivity contribution in [2.75, 3.05) is 18.1 Å². The van der Waals surface area contributed by atoms with E-state index >= 15 is 0 Å². The maximum Gasteiger partial charge on any atom is 0.263 e. The molecule has 1 amide bonds. The third kappa shape index (κ3) is 4.23. The Morgan fingerprint density at radius 1 is 1.52 bits per heavy atom. The lowest BCUT2D eigenvalue weighted by Gasteiger charge is -2.29. The lowest BCUT2D eigenvalue weighted by Crippen LogP contribution is -2.46. The lowest BCUT2D eigenvalue weighted by atomic mass is 10.2. The topological polar surface area (TPSA) is 87.5 Å². The number of nitriles is 1. The summed E-state index contributed by atoms with van der Waals surface area (Å²) in [5, 5.41) is 8.89. The minimum Gasteiger partial charge on any atom is -0.481 e. The third-order valence-corrected chi connectivity index (χ3v) is 5.65. The number of hydrogen-bond acceptors (Lipinski definition) is 5. The Kier molecular flexibility index (Phi) is 5.26. The molecule has 1 aromatic rings. The van der Waals surface area contributed by atoms with Crippen LogP contribution in [-0.4, -0.2) is 49.4 Å². The highest BCUT2D eigenvalue weighted by Gasteiger charge is 2.35. The van der Waals surface area contributed by atoms with Crippen molar-refractivity contribution in [3.05, 3.63) is 29.8 Å². The van der Waals surface area contributed by atoms with E-state index in [1.165, 1.54) is 0 Å². The molecule has 23 heavy (non-hydrogen) atoms. The molecular formula is C16H20N2O4S. The molecule has 0 aromatic heterocycles. The van der Waals surface area contributed by atoms with Crippen molar-refractivity contribution in [3.8, 4) is 11.8 Å². The predicted molar refractivity (Wildman–Crippen MR) is 85.7 cm³/mol. The van der Waals surface area contributed by atoms with Gasteiger partial charge < -0.3 is 9.64 Å². The fourth-order valence-corrected chi connectivity index (χ4v) is 4.47. The molecule has 1 aromatic carbocycles. The van der Waals surface area contributed by atoms with E-state index in [1.54, 1.807) is 36.1 Å². The summed E-state index contributed by atoms with van der Waals surface area (Å²) in [4.78, 5) is 14.1. The molecule has 124 valence electrons. The molecule has 1 fully saturated rings. The molecule has 0 bridgehead atoms. The summed E-state index contributed by atoms with van der Waals surface area (Å²) >= 11 is 0. The van der Waals surface area contributed by atoms with Crippen LogP contribution in [0, 0.1) is 11.3 Å². The average molecular weight is 336 g/mol. The normalized spacial score (nSPS) is 20.5. The summed E-state index contributed by atoms with van der Waals surface area (Å²) in [5.41, 5.74) is 0.455. The highest BCUT2D eigenvalue weighted by Crippen LogP contribution is 2.20. The van der Waals surface area contributed by atoms with E-state index in [0.717, 1.165) is 0 Å². The molecule has 1 aliphatic rings. The second kappa shape index (κ2) is 7.01. The molecule has 0 saturated carbocycles. The fraction of sp³-hybridized carbons (Fsp3) is 0.500. The average Bonchev–Trinajstić information content (AvgIpc) is 2.88. The number of nitrogens with zero attached hydrogens (tertiary/aromatic N) is 2. The zero-order chi connectivity index (χ0) is 17.0. The van der Waals surface area contributed by atoms with Crippen molar-refractivity contribution in [3.63, 3.8) is 0 Å². The second-order valence-corrected chi connectivity index (χ2v) is 7.81. The van der Waals surface area contributed by atoms with Crippen molar-refractivity contribution in [1.82, 2.24) is 4.90 Å². The smallest absolute Gasteiger partial charge is 0.263 e. The number of hydrogen-bond donors (Lipinski definition) is 0. The van der Waals surface area contributed by atoms with E-state index in [-0.39, 0.29) is 23.5 Å². The molecule has 1 heterocycles. The molecule has 6 nitrogen and oxygen atoms in total. The molecule has 0 spiro atoms. The Balaban J connectivity index is 2.07. The van der Waals surface area contributed by atoms with Crippen LogP contribution in [0.5, 0.6) is 5.75 Å². The fourth-order valence-electron chi connectivity index (χ4n) is 2.74. The molecule has 2 unspecified atom stereocenters. The first-order valence-corrected chi connectivity index (χ1v) is 9.36. The van der Waals surface area contributed by atoms with Crippen LogP contribution in [-0.2, 0) is 14.6 Å². The van der Waals surface area contributed by atoms with Gasteiger partial charge in [-0.15, -0.1) is 0 Å². The van der Waals surface area contributed by atoms with Crippen LogP contribution < -0.4 is 4.74 Å². The van der Waals surface area contributed by atoms with Gasteiger partial charge in [-0.2, -0.15) is 5.26 Å². The maximum absolute atomic E-state index is 12.6. The molecule has 0 radical (unpaired) electrons. The number of likely N-dealkylation sites (N-methyl/N-ethyl adjacent to an activating group) is 1. The van der Waals surface area contributed by atoms with Crippen molar-refractivity contribution in [2.45, 2.75) is 32.4 Å². The zero-order valence-corrected chi connectivity index (χ0v) is 14.0. The number of ether oxygens (including phenoxy) is 1. The molecule has 1 aliphatic heterocycles. The Labute approximate surface area is 136 Å². The summed E-state index contributed by atoms with van der Waals surface area (Å²) in [7, 11) is -3.05. The maximum atomic E-state index is 12.6. The highest BCUT2D eigenvalue weighted by molar-refractivity contribution is 7.91. The summed E-state index contributed by atoms with van der Waals surface area (Å²) in [6.45, 7) is 3.89. The van der Waals surface area contributed by atoms with E-state index in [1.807, 2.05) is 13.0 Å². The van der Waals surface area contributed by atoms with Gasteiger partial charge in [-0.1, -0.05) is 6.07 Å². The third-order valence-electron chi connectivity index (χ3n) is 3.90. The van der Waals surface area contributed by atoms with Gasteiger partial charge in [0.15, 0.2) is 15.9 Å². The predicted octanol–water partition coefficient (Wildman–Crippen LogP) is 1.36. The monoisotopic (exact) mass is 336 g/mol. The van der Waals surface area contributed by atoms with Crippen LogP contribution >= 0.6 is 0 Å². The molecular weight excluding hydrogens is 316 g/mol. The number of amides is 1. The van der Waals surface area contributed by atoms with Crippen LogP contribution in [0.25, 0.3) is 0 Å². The molecule has 1 saturated heterocycles. The molecule has 0 aliphatic carbocycles. The number of carbonyl (C=O) groups is 1. The molecule has 2 atom stereocenters. The Morgan fingerprint density at radius 3 is 2.83 bits per heavy atom. The van der Waals surface area contributed by atoms with Gasteiger partial charge in [-0.25, -0.2) is 8.42 Å². The number of rotatable bonds is 5. The Bertz CT molecular complexity index is 724.